The van der Waals surface area contributed by atoms with Gasteiger partial charge in [-0.3, -0.25) is 9.59 Å². The molecule has 16 nitrogen and oxygen atoms in total. The van der Waals surface area contributed by atoms with E-state index < -0.39 is 24.3 Å². The summed E-state index contributed by atoms with van der Waals surface area (Å²) in [4.78, 5) is 73.1. The van der Waals surface area contributed by atoms with Crippen molar-refractivity contribution < 1.29 is 38.5 Å². The van der Waals surface area contributed by atoms with Gasteiger partial charge in [0.05, 0.1) is 54.3 Å². The third kappa shape index (κ3) is 7.90. The zero-order valence-electron chi connectivity index (χ0n) is 37.4. The van der Waals surface area contributed by atoms with Gasteiger partial charge in [0.2, 0.25) is 11.8 Å². The van der Waals surface area contributed by atoms with Gasteiger partial charge in [0.1, 0.15) is 36.1 Å². The van der Waals surface area contributed by atoms with Crippen molar-refractivity contribution in [2.45, 2.75) is 135 Å². The Labute approximate surface area is 371 Å². The first-order valence-electron chi connectivity index (χ1n) is 22.6. The van der Waals surface area contributed by atoms with Gasteiger partial charge >= 0.3 is 12.2 Å². The number of H-pyrrole nitrogens is 2. The molecule has 0 saturated carbocycles. The maximum Gasteiger partial charge on any atom is 0.407 e. The molecule has 16 heteroatoms. The second kappa shape index (κ2) is 17.1. The quantitative estimate of drug-likeness (QED) is 0.0966. The van der Waals surface area contributed by atoms with Crippen LogP contribution >= 0.6 is 0 Å². The molecule has 9 atom stereocenters. The van der Waals surface area contributed by atoms with Gasteiger partial charge in [0.15, 0.2) is 0 Å². The number of aromatic nitrogens is 4. The number of hydrogen-bond acceptors (Lipinski definition) is 9. The van der Waals surface area contributed by atoms with E-state index >= 15 is 0 Å². The number of aromatic amines is 2. The van der Waals surface area contributed by atoms with Crippen LogP contribution < -0.4 is 15.4 Å². The minimum Gasteiger partial charge on any atom is -0.488 e. The lowest BCUT2D eigenvalue weighted by atomic mass is 9.85. The number of carboxylic acid groups (broad SMARTS) is 1. The van der Waals surface area contributed by atoms with Crippen molar-refractivity contribution in [3.63, 3.8) is 0 Å². The van der Waals surface area contributed by atoms with Crippen molar-refractivity contribution in [1.82, 2.24) is 40.4 Å². The summed E-state index contributed by atoms with van der Waals surface area (Å²) in [5.74, 6) is 1.44. The largest absolute Gasteiger partial charge is 0.488 e. The number of methoxy groups -OCH3 is 1. The number of hydrogen-bond donors (Lipinski definition) is 5. The molecular weight excluding hydrogens is 817 g/mol. The van der Waals surface area contributed by atoms with Gasteiger partial charge in [-0.2, -0.15) is 0 Å². The van der Waals surface area contributed by atoms with Crippen LogP contribution in [0, 0.1) is 11.8 Å². The number of nitrogens with zero attached hydrogens (tertiary/aromatic N) is 4. The molecule has 4 aliphatic rings. The molecule has 5 aromatic rings. The molecule has 0 aliphatic carbocycles. The molecule has 0 spiro atoms. The zero-order chi connectivity index (χ0) is 45.1. The lowest BCUT2D eigenvalue weighted by Crippen LogP contribution is -2.55. The lowest BCUT2D eigenvalue weighted by Gasteiger charge is -2.39. The van der Waals surface area contributed by atoms with Gasteiger partial charge in [-0.05, 0) is 124 Å². The fraction of sp³-hybridized carbons (Fsp3) is 0.500. The first-order valence-corrected chi connectivity index (χ1v) is 22.6. The number of benzene rings is 3. The summed E-state index contributed by atoms with van der Waals surface area (Å²) in [6.45, 7) is 12.1. The highest BCUT2D eigenvalue weighted by Gasteiger charge is 2.45. The first kappa shape index (κ1) is 43.1. The number of carbonyl (C=O) groups is 4. The van der Waals surface area contributed by atoms with Crippen LogP contribution in [-0.4, -0.2) is 102 Å². The molecule has 5 N–H and O–H groups in total. The number of alkyl carbamates (subject to hydrolysis) is 1. The molecule has 3 fully saturated rings. The third-order valence-corrected chi connectivity index (χ3v) is 13.9. The molecule has 3 saturated heterocycles. The van der Waals surface area contributed by atoms with Crippen molar-refractivity contribution in [3.8, 4) is 28.1 Å². The van der Waals surface area contributed by atoms with Gasteiger partial charge in [0.25, 0.3) is 0 Å². The number of nitrogens with one attached hydrogen (secondary N) is 4. The van der Waals surface area contributed by atoms with Gasteiger partial charge < -0.3 is 49.7 Å². The van der Waals surface area contributed by atoms with Crippen molar-refractivity contribution in [3.05, 3.63) is 65.9 Å². The van der Waals surface area contributed by atoms with E-state index in [4.69, 9.17) is 24.2 Å². The maximum atomic E-state index is 14.5. The number of carbonyl (C=O) groups excluding carboxylic acids is 3. The molecule has 338 valence electrons. The summed E-state index contributed by atoms with van der Waals surface area (Å²) in [6, 6.07) is 12.3. The molecule has 64 heavy (non-hydrogen) atoms. The lowest BCUT2D eigenvalue weighted by molar-refractivity contribution is -0.140. The highest BCUT2D eigenvalue weighted by atomic mass is 16.5. The molecule has 9 rings (SSSR count). The van der Waals surface area contributed by atoms with Gasteiger partial charge in [-0.1, -0.05) is 32.0 Å². The van der Waals surface area contributed by atoms with Crippen molar-refractivity contribution in [2.75, 3.05) is 7.11 Å². The zero-order valence-corrected chi connectivity index (χ0v) is 37.4. The van der Waals surface area contributed by atoms with Crippen molar-refractivity contribution in [2.24, 2.45) is 11.8 Å². The van der Waals surface area contributed by atoms with E-state index in [0.717, 1.165) is 74.8 Å². The van der Waals surface area contributed by atoms with Crippen LogP contribution in [-0.2, 0) is 25.7 Å². The number of amides is 4. The number of likely N-dealkylation sites (tertiary alicyclic amines) is 2. The van der Waals surface area contributed by atoms with Crippen LogP contribution in [0.25, 0.3) is 44.2 Å². The maximum absolute atomic E-state index is 14.5. The molecular formula is C48H58N8O8. The molecule has 4 aliphatic heterocycles. The Bertz CT molecular complexity index is 2610. The number of fused-ring (bicyclic) bond motifs is 6. The van der Waals surface area contributed by atoms with E-state index in [1.165, 1.54) is 7.11 Å². The fourth-order valence-corrected chi connectivity index (χ4v) is 10.8. The van der Waals surface area contributed by atoms with Crippen LogP contribution in [0.4, 0.5) is 9.59 Å². The number of rotatable bonds is 9. The SMILES string of the molecule is COC(=O)N[C@H](C(=O)N1[C@@H](C)CC[C@H]1c1ncc(-c2ccc3c(c2)COc2cc4c(ccc5[nH]c([C@@H]6CC[C@H](C)N6C(=O)[C@@H](NC(=O)O)C(C)C)nc54)cc2-3)[nH]1)C1C[C@@H](C)O[C@@H](C)C1. The smallest absolute Gasteiger partial charge is 0.407 e. The summed E-state index contributed by atoms with van der Waals surface area (Å²) < 4.78 is 17.4. The Morgan fingerprint density at radius 1 is 0.844 bits per heavy atom. The second-order valence-electron chi connectivity index (χ2n) is 18.6. The van der Waals surface area contributed by atoms with Crippen LogP contribution in [0.2, 0.25) is 0 Å². The molecule has 0 radical (unpaired) electrons. The standard InChI is InChI=1S/C48H58N8O8/c1-23(2)40(53-47(59)60)45(57)56-25(4)9-15-38(56)44-50-35-13-11-28-19-34-32-12-10-29(18-31(32)22-63-39(34)20-33(28)42(35)52-44)36-21-49-43(51-36)37-14-8-24(3)55(37)46(58)41(54-48(61)62-7)30-16-26(5)64-27(6)17-30/h10-13,18-21,23-27,30,37-38,40-41,53H,8-9,14-17,22H2,1-7H3,(H,49,51)(H,50,52)(H,54,61)(H,59,60)/t24-,25-,26-,27+,30?,37-,38-,40-,41-/m0/s1. The molecule has 2 aromatic heterocycles. The monoisotopic (exact) mass is 874 g/mol. The Hall–Kier alpha value is -6.16. The topological polar surface area (TPSA) is 204 Å². The highest BCUT2D eigenvalue weighted by molar-refractivity contribution is 6.07. The third-order valence-electron chi connectivity index (χ3n) is 13.9. The van der Waals surface area contributed by atoms with Crippen LogP contribution in [0.15, 0.2) is 48.7 Å². The van der Waals surface area contributed by atoms with Crippen LogP contribution in [0.5, 0.6) is 5.75 Å². The summed E-state index contributed by atoms with van der Waals surface area (Å²) in [5.41, 5.74) is 6.49. The normalized spacial score (nSPS) is 25.2. The molecule has 6 heterocycles. The number of ether oxygens (including phenoxy) is 3. The van der Waals surface area contributed by atoms with Crippen molar-refractivity contribution >= 4 is 45.8 Å². The predicted octanol–water partition coefficient (Wildman–Crippen LogP) is 7.99. The van der Waals surface area contributed by atoms with Gasteiger partial charge in [-0.15, -0.1) is 0 Å². The first-order chi connectivity index (χ1) is 30.7. The summed E-state index contributed by atoms with van der Waals surface area (Å²) in [7, 11) is 1.31. The summed E-state index contributed by atoms with van der Waals surface area (Å²) in [6.07, 6.45) is 4.25. The summed E-state index contributed by atoms with van der Waals surface area (Å²) >= 11 is 0. The molecule has 0 bridgehead atoms. The van der Waals surface area contributed by atoms with E-state index in [0.29, 0.717) is 37.5 Å². The van der Waals surface area contributed by atoms with Crippen LogP contribution in [0.1, 0.15) is 109 Å². The van der Waals surface area contributed by atoms with Crippen molar-refractivity contribution in [1.29, 1.82) is 0 Å². The minimum atomic E-state index is -1.22. The highest BCUT2D eigenvalue weighted by Crippen LogP contribution is 2.44. The molecule has 1 unspecified atom stereocenters. The Morgan fingerprint density at radius 3 is 2.23 bits per heavy atom. The van der Waals surface area contributed by atoms with E-state index in [1.807, 2.05) is 64.8 Å². The second-order valence-corrected chi connectivity index (χ2v) is 18.6. The van der Waals surface area contributed by atoms with E-state index in [1.54, 1.807) is 4.90 Å². The molecule has 3 aromatic carbocycles. The average Bonchev–Trinajstić information content (AvgIpc) is 4.08. The Balaban J connectivity index is 0.962. The summed E-state index contributed by atoms with van der Waals surface area (Å²) in [5, 5.41) is 16.7. The average molecular weight is 875 g/mol. The van der Waals surface area contributed by atoms with Gasteiger partial charge in [-0.25, -0.2) is 19.6 Å². The fourth-order valence-electron chi connectivity index (χ4n) is 10.8. The van der Waals surface area contributed by atoms with Crippen LogP contribution in [0.3, 0.4) is 0 Å². The Morgan fingerprint density at radius 2 is 1.55 bits per heavy atom. The van der Waals surface area contributed by atoms with Gasteiger partial charge in [0, 0.05) is 23.0 Å². The minimum absolute atomic E-state index is 0.0330. The Kier molecular flexibility index (Phi) is 11.5. The predicted molar refractivity (Wildman–Crippen MR) is 239 cm³/mol. The number of imidazole rings is 2. The van der Waals surface area contributed by atoms with E-state index in [-0.39, 0.29) is 60.0 Å². The van der Waals surface area contributed by atoms with E-state index in [9.17, 15) is 24.3 Å². The van der Waals surface area contributed by atoms with E-state index in [2.05, 4.69) is 50.9 Å². The molecule has 4 amide bonds.